The molecule has 1 fully saturated rings. The van der Waals surface area contributed by atoms with Crippen molar-refractivity contribution in [2.75, 3.05) is 39.4 Å². The molecule has 1 N–H and O–H groups in total. The average Bonchev–Trinajstić information content (AvgIpc) is 2.59. The van der Waals surface area contributed by atoms with Crippen LogP contribution in [0.15, 0.2) is 18.3 Å². The molecule has 5 nitrogen and oxygen atoms in total. The third kappa shape index (κ3) is 6.69. The van der Waals surface area contributed by atoms with Crippen molar-refractivity contribution < 1.29 is 9.53 Å². The van der Waals surface area contributed by atoms with Gasteiger partial charge >= 0.3 is 0 Å². The number of nitrogens with zero attached hydrogens (tertiary/aromatic N) is 2. The van der Waals surface area contributed by atoms with Crippen LogP contribution in [0.25, 0.3) is 0 Å². The summed E-state index contributed by atoms with van der Waals surface area (Å²) in [6.45, 7) is 9.48. The molecule has 1 aliphatic heterocycles. The molecule has 1 aromatic heterocycles. The fourth-order valence-electron chi connectivity index (χ4n) is 2.41. The SMILES string of the molecule is CC(C)CC#Cc1ccnc(C(=O)NCCCN2CCOCC2)c1. The lowest BCUT2D eigenvalue weighted by atomic mass is 10.1. The summed E-state index contributed by atoms with van der Waals surface area (Å²) in [7, 11) is 0. The number of carbonyl (C=O) groups is 1. The van der Waals surface area contributed by atoms with Gasteiger partial charge in [-0.2, -0.15) is 0 Å². The fourth-order valence-corrected chi connectivity index (χ4v) is 2.41. The van der Waals surface area contributed by atoms with Gasteiger partial charge in [0.25, 0.3) is 5.91 Å². The molecule has 24 heavy (non-hydrogen) atoms. The van der Waals surface area contributed by atoms with E-state index in [0.717, 1.165) is 51.3 Å². The molecular formula is C19H27N3O2. The van der Waals surface area contributed by atoms with E-state index in [4.69, 9.17) is 4.74 Å². The number of hydrogen-bond donors (Lipinski definition) is 1. The summed E-state index contributed by atoms with van der Waals surface area (Å²) in [6.07, 6.45) is 3.42. The third-order valence-electron chi connectivity index (χ3n) is 3.78. The second kappa shape index (κ2) is 10.1. The quantitative estimate of drug-likeness (QED) is 0.640. The van der Waals surface area contributed by atoms with E-state index in [1.807, 2.05) is 6.07 Å². The van der Waals surface area contributed by atoms with Crippen molar-refractivity contribution in [3.05, 3.63) is 29.6 Å². The van der Waals surface area contributed by atoms with Crippen molar-refractivity contribution in [1.29, 1.82) is 0 Å². The molecule has 2 heterocycles. The monoisotopic (exact) mass is 329 g/mol. The Hall–Kier alpha value is -1.90. The van der Waals surface area contributed by atoms with Crippen molar-refractivity contribution in [1.82, 2.24) is 15.2 Å². The summed E-state index contributed by atoms with van der Waals surface area (Å²) < 4.78 is 5.32. The highest BCUT2D eigenvalue weighted by Gasteiger charge is 2.10. The first-order valence-corrected chi connectivity index (χ1v) is 8.68. The second-order valence-electron chi connectivity index (χ2n) is 6.39. The van der Waals surface area contributed by atoms with Crippen molar-refractivity contribution >= 4 is 5.91 Å². The number of hydrogen-bond acceptors (Lipinski definition) is 4. The smallest absolute Gasteiger partial charge is 0.269 e. The molecule has 0 spiro atoms. The molecule has 0 unspecified atom stereocenters. The number of carbonyl (C=O) groups excluding carboxylic acids is 1. The predicted molar refractivity (Wildman–Crippen MR) is 94.8 cm³/mol. The van der Waals surface area contributed by atoms with Crippen LogP contribution in [0.4, 0.5) is 0 Å². The number of pyridine rings is 1. The summed E-state index contributed by atoms with van der Waals surface area (Å²) in [5, 5.41) is 2.93. The minimum atomic E-state index is -0.135. The van der Waals surface area contributed by atoms with E-state index < -0.39 is 0 Å². The molecule has 1 aliphatic rings. The van der Waals surface area contributed by atoms with Crippen molar-refractivity contribution in [2.24, 2.45) is 5.92 Å². The van der Waals surface area contributed by atoms with Crippen LogP contribution < -0.4 is 5.32 Å². The van der Waals surface area contributed by atoms with E-state index in [2.05, 4.69) is 40.9 Å². The summed E-state index contributed by atoms with van der Waals surface area (Å²) in [4.78, 5) is 18.7. The Morgan fingerprint density at radius 1 is 1.42 bits per heavy atom. The van der Waals surface area contributed by atoms with E-state index in [9.17, 15) is 4.79 Å². The van der Waals surface area contributed by atoms with E-state index in [-0.39, 0.29) is 5.91 Å². The van der Waals surface area contributed by atoms with E-state index in [1.165, 1.54) is 0 Å². The summed E-state index contributed by atoms with van der Waals surface area (Å²) in [5.74, 6) is 6.64. The van der Waals surface area contributed by atoms with Gasteiger partial charge in [0.2, 0.25) is 0 Å². The van der Waals surface area contributed by atoms with Crippen LogP contribution in [0.5, 0.6) is 0 Å². The van der Waals surface area contributed by atoms with Gasteiger partial charge in [-0.05, 0) is 31.0 Å². The Labute approximate surface area is 144 Å². The van der Waals surface area contributed by atoms with Gasteiger partial charge in [0.05, 0.1) is 13.2 Å². The van der Waals surface area contributed by atoms with Crippen LogP contribution in [0, 0.1) is 17.8 Å². The lowest BCUT2D eigenvalue weighted by Gasteiger charge is -2.26. The topological polar surface area (TPSA) is 54.5 Å². The molecule has 0 aromatic carbocycles. The maximum absolute atomic E-state index is 12.2. The molecule has 0 bridgehead atoms. The molecule has 0 aliphatic carbocycles. The highest BCUT2D eigenvalue weighted by Crippen LogP contribution is 2.03. The number of rotatable bonds is 6. The maximum atomic E-state index is 12.2. The molecule has 130 valence electrons. The van der Waals surface area contributed by atoms with Gasteiger partial charge in [-0.15, -0.1) is 0 Å². The highest BCUT2D eigenvalue weighted by molar-refractivity contribution is 5.92. The molecule has 0 atom stereocenters. The zero-order valence-corrected chi connectivity index (χ0v) is 14.7. The summed E-state index contributed by atoms with van der Waals surface area (Å²) >= 11 is 0. The fraction of sp³-hybridized carbons (Fsp3) is 0.579. The van der Waals surface area contributed by atoms with Crippen LogP contribution in [-0.2, 0) is 4.74 Å². The molecular weight excluding hydrogens is 302 g/mol. The van der Waals surface area contributed by atoms with Crippen LogP contribution in [0.1, 0.15) is 42.7 Å². The van der Waals surface area contributed by atoms with Crippen LogP contribution in [0.3, 0.4) is 0 Å². The highest BCUT2D eigenvalue weighted by atomic mass is 16.5. The van der Waals surface area contributed by atoms with Crippen molar-refractivity contribution in [2.45, 2.75) is 26.7 Å². The molecule has 1 saturated heterocycles. The van der Waals surface area contributed by atoms with Gasteiger partial charge in [0.1, 0.15) is 5.69 Å². The van der Waals surface area contributed by atoms with E-state index >= 15 is 0 Å². The van der Waals surface area contributed by atoms with E-state index in [0.29, 0.717) is 18.2 Å². The van der Waals surface area contributed by atoms with Crippen LogP contribution in [-0.4, -0.2) is 55.2 Å². The number of nitrogens with one attached hydrogen (secondary N) is 1. The Bertz CT molecular complexity index is 584. The minimum absolute atomic E-state index is 0.135. The number of ether oxygens (including phenoxy) is 1. The first kappa shape index (κ1) is 18.4. The largest absolute Gasteiger partial charge is 0.379 e. The van der Waals surface area contributed by atoms with Gasteiger partial charge in [-0.1, -0.05) is 25.7 Å². The van der Waals surface area contributed by atoms with Crippen molar-refractivity contribution in [3.8, 4) is 11.8 Å². The summed E-state index contributed by atoms with van der Waals surface area (Å²) in [6, 6.07) is 3.59. The molecule has 5 heteroatoms. The zero-order chi connectivity index (χ0) is 17.2. The van der Waals surface area contributed by atoms with Gasteiger partial charge in [-0.25, -0.2) is 0 Å². The molecule has 2 rings (SSSR count). The van der Waals surface area contributed by atoms with Gasteiger partial charge in [0, 0.05) is 37.8 Å². The first-order chi connectivity index (χ1) is 11.6. The van der Waals surface area contributed by atoms with Crippen LogP contribution in [0.2, 0.25) is 0 Å². The van der Waals surface area contributed by atoms with Gasteiger partial charge in [-0.3, -0.25) is 14.7 Å². The summed E-state index contributed by atoms with van der Waals surface area (Å²) in [5.41, 5.74) is 1.27. The Morgan fingerprint density at radius 3 is 2.96 bits per heavy atom. The molecule has 1 amide bonds. The Kier molecular flexibility index (Phi) is 7.73. The first-order valence-electron chi connectivity index (χ1n) is 8.68. The zero-order valence-electron chi connectivity index (χ0n) is 14.7. The normalized spacial score (nSPS) is 15.0. The molecule has 0 radical (unpaired) electrons. The minimum Gasteiger partial charge on any atom is -0.379 e. The second-order valence-corrected chi connectivity index (χ2v) is 6.39. The Morgan fingerprint density at radius 2 is 2.21 bits per heavy atom. The van der Waals surface area contributed by atoms with E-state index in [1.54, 1.807) is 12.3 Å². The van der Waals surface area contributed by atoms with Crippen molar-refractivity contribution in [3.63, 3.8) is 0 Å². The molecule has 0 saturated carbocycles. The number of aromatic nitrogens is 1. The number of morpholine rings is 1. The average molecular weight is 329 g/mol. The lowest BCUT2D eigenvalue weighted by molar-refractivity contribution is 0.0374. The third-order valence-corrected chi connectivity index (χ3v) is 3.78. The van der Waals surface area contributed by atoms with Gasteiger partial charge < -0.3 is 10.1 Å². The maximum Gasteiger partial charge on any atom is 0.269 e. The Balaban J connectivity index is 1.75. The lowest BCUT2D eigenvalue weighted by Crippen LogP contribution is -2.38. The number of amides is 1. The van der Waals surface area contributed by atoms with Crippen LogP contribution >= 0.6 is 0 Å². The predicted octanol–water partition coefficient (Wildman–Crippen LogP) is 1.93. The van der Waals surface area contributed by atoms with Gasteiger partial charge in [0.15, 0.2) is 0 Å². The standard InChI is InChI=1S/C19H27N3O2/c1-16(2)5-3-6-17-7-9-20-18(15-17)19(23)21-8-4-10-22-11-13-24-14-12-22/h7,9,15-16H,4-5,8,10-14H2,1-2H3,(H,21,23). The molecule has 1 aromatic rings.